The van der Waals surface area contributed by atoms with E-state index in [1.54, 1.807) is 12.1 Å². The Bertz CT molecular complexity index is 730. The summed E-state index contributed by atoms with van der Waals surface area (Å²) in [6.07, 6.45) is -3.67. The van der Waals surface area contributed by atoms with Crippen LogP contribution in [0.15, 0.2) is 42.5 Å². The molecule has 7 heteroatoms. The van der Waals surface area contributed by atoms with Crippen molar-refractivity contribution in [1.82, 2.24) is 0 Å². The number of ether oxygens (including phenoxy) is 3. The van der Waals surface area contributed by atoms with Crippen LogP contribution in [0.3, 0.4) is 0 Å². The molecule has 0 spiro atoms. The van der Waals surface area contributed by atoms with E-state index in [0.29, 0.717) is 11.3 Å². The highest BCUT2D eigenvalue weighted by atomic mass is 19.3. The van der Waals surface area contributed by atoms with Crippen molar-refractivity contribution in [2.75, 3.05) is 0 Å². The normalized spacial score (nSPS) is 14.6. The van der Waals surface area contributed by atoms with Gasteiger partial charge >= 0.3 is 12.3 Å². The van der Waals surface area contributed by atoms with Crippen LogP contribution in [-0.4, -0.2) is 17.4 Å². The largest absolute Gasteiger partial charge is 0.586 e. The Kier molecular flexibility index (Phi) is 3.32. The average Bonchev–Trinajstić information content (AvgIpc) is 2.78. The minimum Gasteiger partial charge on any atom is -0.489 e. The van der Waals surface area contributed by atoms with Gasteiger partial charge in [-0.05, 0) is 29.8 Å². The molecule has 0 saturated carbocycles. The van der Waals surface area contributed by atoms with Crippen LogP contribution < -0.4 is 14.2 Å². The van der Waals surface area contributed by atoms with E-state index < -0.39 is 12.3 Å². The smallest absolute Gasteiger partial charge is 0.489 e. The Morgan fingerprint density at radius 1 is 1.14 bits per heavy atom. The highest BCUT2D eigenvalue weighted by Gasteiger charge is 2.43. The lowest BCUT2D eigenvalue weighted by atomic mass is 10.1. The number of alkyl halides is 2. The Labute approximate surface area is 123 Å². The number of benzene rings is 2. The number of hydrogen-bond donors (Lipinski definition) is 1. The van der Waals surface area contributed by atoms with Crippen molar-refractivity contribution in [2.45, 2.75) is 12.9 Å². The van der Waals surface area contributed by atoms with E-state index in [1.807, 2.05) is 0 Å². The van der Waals surface area contributed by atoms with Gasteiger partial charge in [0.15, 0.2) is 11.5 Å². The second kappa shape index (κ2) is 5.18. The molecule has 0 bridgehead atoms. The Morgan fingerprint density at radius 2 is 1.91 bits per heavy atom. The first-order chi connectivity index (χ1) is 10.4. The highest BCUT2D eigenvalue weighted by molar-refractivity contribution is 5.87. The first kappa shape index (κ1) is 14.1. The molecular weight excluding hydrogens is 298 g/mol. The van der Waals surface area contributed by atoms with Crippen molar-refractivity contribution in [1.29, 1.82) is 0 Å². The molecule has 5 nitrogen and oxygen atoms in total. The third-order valence-corrected chi connectivity index (χ3v) is 2.95. The minimum absolute atomic E-state index is 0.0646. The molecule has 2 aromatic rings. The predicted molar refractivity (Wildman–Crippen MR) is 70.4 cm³/mol. The number of rotatable bonds is 4. The van der Waals surface area contributed by atoms with E-state index in [4.69, 9.17) is 9.84 Å². The molecule has 0 aliphatic carbocycles. The van der Waals surface area contributed by atoms with E-state index >= 15 is 0 Å². The number of hydrogen-bond acceptors (Lipinski definition) is 4. The molecule has 3 rings (SSSR count). The van der Waals surface area contributed by atoms with Crippen LogP contribution in [-0.2, 0) is 6.61 Å². The van der Waals surface area contributed by atoms with Gasteiger partial charge in [0.1, 0.15) is 12.4 Å². The van der Waals surface area contributed by atoms with Crippen LogP contribution in [0.25, 0.3) is 0 Å². The summed E-state index contributed by atoms with van der Waals surface area (Å²) in [4.78, 5) is 10.9. The number of fused-ring (bicyclic) bond motifs is 1. The van der Waals surface area contributed by atoms with E-state index in [9.17, 15) is 13.6 Å². The van der Waals surface area contributed by atoms with Crippen LogP contribution in [0.2, 0.25) is 0 Å². The Morgan fingerprint density at radius 3 is 2.68 bits per heavy atom. The van der Waals surface area contributed by atoms with Gasteiger partial charge in [-0.1, -0.05) is 12.1 Å². The lowest BCUT2D eigenvalue weighted by Crippen LogP contribution is -2.25. The molecule has 0 unspecified atom stereocenters. The molecule has 114 valence electrons. The van der Waals surface area contributed by atoms with E-state index in [2.05, 4.69) is 9.47 Å². The topological polar surface area (TPSA) is 65.0 Å². The zero-order valence-corrected chi connectivity index (χ0v) is 11.1. The van der Waals surface area contributed by atoms with Gasteiger partial charge < -0.3 is 19.3 Å². The van der Waals surface area contributed by atoms with Gasteiger partial charge in [0.25, 0.3) is 0 Å². The second-order valence-corrected chi connectivity index (χ2v) is 4.57. The summed E-state index contributed by atoms with van der Waals surface area (Å²) in [6.45, 7) is 0.0944. The minimum atomic E-state index is -3.67. The van der Waals surface area contributed by atoms with Crippen molar-refractivity contribution in [3.8, 4) is 17.2 Å². The van der Waals surface area contributed by atoms with Crippen molar-refractivity contribution < 1.29 is 32.9 Å². The Hall–Kier alpha value is -2.83. The summed E-state index contributed by atoms with van der Waals surface area (Å²) in [7, 11) is 0. The van der Waals surface area contributed by atoms with Crippen LogP contribution >= 0.6 is 0 Å². The molecular formula is C15H10F2O5. The van der Waals surface area contributed by atoms with Crippen LogP contribution in [0.1, 0.15) is 15.9 Å². The second-order valence-electron chi connectivity index (χ2n) is 4.57. The summed E-state index contributed by atoms with van der Waals surface area (Å²) in [5, 5.41) is 8.91. The van der Waals surface area contributed by atoms with E-state index in [0.717, 1.165) is 0 Å². The van der Waals surface area contributed by atoms with Gasteiger partial charge in [0.2, 0.25) is 0 Å². The van der Waals surface area contributed by atoms with Gasteiger partial charge in [0, 0.05) is 6.07 Å². The molecule has 0 fully saturated rings. The average molecular weight is 308 g/mol. The number of carboxylic acids is 1. The third-order valence-electron chi connectivity index (χ3n) is 2.95. The molecule has 1 heterocycles. The summed E-state index contributed by atoms with van der Waals surface area (Å²) in [6, 6.07) is 10.3. The van der Waals surface area contributed by atoms with Crippen LogP contribution in [0.5, 0.6) is 17.2 Å². The molecule has 0 radical (unpaired) electrons. The molecule has 0 saturated heterocycles. The molecule has 0 aromatic heterocycles. The lowest BCUT2D eigenvalue weighted by molar-refractivity contribution is -0.286. The molecule has 2 aromatic carbocycles. The van der Waals surface area contributed by atoms with Gasteiger partial charge in [-0.3, -0.25) is 0 Å². The number of carboxylic acid groups (broad SMARTS) is 1. The maximum absolute atomic E-state index is 12.9. The SMILES string of the molecule is O=C(O)c1cccc(COc2ccc3c(c2)OC(F)(F)O3)c1. The molecule has 1 aliphatic rings. The van der Waals surface area contributed by atoms with Crippen molar-refractivity contribution >= 4 is 5.97 Å². The molecule has 0 amide bonds. The first-order valence-electron chi connectivity index (χ1n) is 6.28. The lowest BCUT2D eigenvalue weighted by Gasteiger charge is -2.07. The molecule has 22 heavy (non-hydrogen) atoms. The van der Waals surface area contributed by atoms with Gasteiger partial charge in [-0.2, -0.15) is 0 Å². The Balaban J connectivity index is 1.70. The van der Waals surface area contributed by atoms with Gasteiger partial charge in [-0.25, -0.2) is 4.79 Å². The van der Waals surface area contributed by atoms with Crippen molar-refractivity contribution in [2.24, 2.45) is 0 Å². The van der Waals surface area contributed by atoms with E-state index in [1.165, 1.54) is 30.3 Å². The molecule has 1 aliphatic heterocycles. The summed E-state index contributed by atoms with van der Waals surface area (Å²) in [5.74, 6) is -0.903. The number of carbonyl (C=O) groups is 1. The van der Waals surface area contributed by atoms with Crippen molar-refractivity contribution in [3.63, 3.8) is 0 Å². The van der Waals surface area contributed by atoms with Crippen LogP contribution in [0.4, 0.5) is 8.78 Å². The predicted octanol–water partition coefficient (Wildman–Crippen LogP) is 3.29. The maximum Gasteiger partial charge on any atom is 0.586 e. The summed E-state index contributed by atoms with van der Waals surface area (Å²) in [5.41, 5.74) is 0.786. The maximum atomic E-state index is 12.9. The summed E-state index contributed by atoms with van der Waals surface area (Å²) < 4.78 is 39.8. The zero-order chi connectivity index (χ0) is 15.7. The zero-order valence-electron chi connectivity index (χ0n) is 11.1. The quantitative estimate of drug-likeness (QED) is 0.939. The third kappa shape index (κ3) is 2.93. The standard InChI is InChI=1S/C15H10F2O5/c16-15(17)21-12-5-4-11(7-13(12)22-15)20-8-9-2-1-3-10(6-9)14(18)19/h1-7H,8H2,(H,18,19). The van der Waals surface area contributed by atoms with E-state index in [-0.39, 0.29) is 23.7 Å². The first-order valence-corrected chi connectivity index (χ1v) is 6.28. The fourth-order valence-corrected chi connectivity index (χ4v) is 1.98. The highest BCUT2D eigenvalue weighted by Crippen LogP contribution is 2.42. The monoisotopic (exact) mass is 308 g/mol. The summed E-state index contributed by atoms with van der Waals surface area (Å²) >= 11 is 0. The van der Waals surface area contributed by atoms with Crippen molar-refractivity contribution in [3.05, 3.63) is 53.6 Å². The van der Waals surface area contributed by atoms with Gasteiger partial charge in [0.05, 0.1) is 5.56 Å². The fourth-order valence-electron chi connectivity index (χ4n) is 1.98. The molecule has 1 N–H and O–H groups in total. The number of halogens is 2. The molecule has 0 atom stereocenters. The fraction of sp³-hybridized carbons (Fsp3) is 0.133. The van der Waals surface area contributed by atoms with Crippen LogP contribution in [0, 0.1) is 0 Å². The number of aromatic carboxylic acids is 1. The van der Waals surface area contributed by atoms with Gasteiger partial charge in [-0.15, -0.1) is 8.78 Å².